The van der Waals surface area contributed by atoms with Crippen LogP contribution in [0.2, 0.25) is 0 Å². The SMILES string of the molecule is COc1ccc(CC[n+]2noc(NC(C)=O)c2C(C)O)cc1OC. The molecule has 1 unspecified atom stereocenters. The van der Waals surface area contributed by atoms with Crippen molar-refractivity contribution < 1.29 is 28.6 Å². The maximum atomic E-state index is 11.2. The number of carbonyl (C=O) groups excluding carboxylic acids is 1. The van der Waals surface area contributed by atoms with Crippen LogP contribution < -0.4 is 19.5 Å². The van der Waals surface area contributed by atoms with Gasteiger partial charge in [0.05, 0.1) is 14.2 Å². The smallest absolute Gasteiger partial charge is 0.308 e. The summed E-state index contributed by atoms with van der Waals surface area (Å²) in [5, 5.41) is 16.3. The number of aliphatic hydroxyl groups excluding tert-OH is 1. The number of rotatable bonds is 7. The number of hydrogen-bond donors (Lipinski definition) is 2. The Balaban J connectivity index is 2.17. The largest absolute Gasteiger partial charge is 0.493 e. The summed E-state index contributed by atoms with van der Waals surface area (Å²) in [4.78, 5) is 11.2. The fourth-order valence-electron chi connectivity index (χ4n) is 2.38. The fourth-order valence-corrected chi connectivity index (χ4v) is 2.38. The lowest BCUT2D eigenvalue weighted by atomic mass is 10.1. The van der Waals surface area contributed by atoms with Crippen LogP contribution in [0.5, 0.6) is 11.5 Å². The predicted octanol–water partition coefficient (Wildman–Crippen LogP) is 1.23. The van der Waals surface area contributed by atoms with E-state index in [1.165, 1.54) is 11.6 Å². The van der Waals surface area contributed by atoms with Crippen molar-refractivity contribution >= 4 is 11.8 Å². The molecule has 130 valence electrons. The summed E-state index contributed by atoms with van der Waals surface area (Å²) < 4.78 is 17.1. The first-order valence-corrected chi connectivity index (χ1v) is 7.52. The molecule has 2 aromatic rings. The zero-order valence-corrected chi connectivity index (χ0v) is 14.2. The maximum absolute atomic E-state index is 11.2. The lowest BCUT2D eigenvalue weighted by Gasteiger charge is -2.08. The van der Waals surface area contributed by atoms with Crippen LogP contribution in [-0.2, 0) is 17.8 Å². The third-order valence-electron chi connectivity index (χ3n) is 3.49. The fraction of sp³-hybridized carbons (Fsp3) is 0.438. The Labute approximate surface area is 140 Å². The molecule has 0 spiro atoms. The van der Waals surface area contributed by atoms with Gasteiger partial charge in [-0.1, -0.05) is 6.07 Å². The van der Waals surface area contributed by atoms with Crippen molar-refractivity contribution in [2.24, 2.45) is 0 Å². The van der Waals surface area contributed by atoms with E-state index in [2.05, 4.69) is 10.6 Å². The standard InChI is InChI=1S/C16H21N3O5/c1-10(20)15-16(17-11(2)21)24-18-19(15)8-7-12-5-6-13(22-3)14(9-12)23-4/h5-6,9-10,20H,7-8H2,1-4H3/p+1. The Bertz CT molecular complexity index is 712. The minimum Gasteiger partial charge on any atom is -0.493 e. The lowest BCUT2D eigenvalue weighted by Crippen LogP contribution is -2.41. The van der Waals surface area contributed by atoms with Crippen LogP contribution in [0.1, 0.15) is 31.2 Å². The van der Waals surface area contributed by atoms with Crippen LogP contribution in [0, 0.1) is 0 Å². The summed E-state index contributed by atoms with van der Waals surface area (Å²) in [5.41, 5.74) is 1.44. The molecule has 1 aromatic heterocycles. The average molecular weight is 336 g/mol. The third kappa shape index (κ3) is 4.02. The van der Waals surface area contributed by atoms with Gasteiger partial charge in [-0.05, 0) is 29.3 Å². The highest BCUT2D eigenvalue weighted by molar-refractivity contribution is 5.87. The second-order valence-corrected chi connectivity index (χ2v) is 5.31. The third-order valence-corrected chi connectivity index (χ3v) is 3.49. The molecule has 0 aliphatic heterocycles. The van der Waals surface area contributed by atoms with Gasteiger partial charge >= 0.3 is 11.6 Å². The van der Waals surface area contributed by atoms with Crippen molar-refractivity contribution in [1.29, 1.82) is 0 Å². The Hall–Kier alpha value is -2.61. The molecule has 8 nitrogen and oxygen atoms in total. The van der Waals surface area contributed by atoms with Crippen LogP contribution in [0.15, 0.2) is 22.7 Å². The Morgan fingerprint density at radius 2 is 2.08 bits per heavy atom. The van der Waals surface area contributed by atoms with Gasteiger partial charge in [-0.15, -0.1) is 0 Å². The molecule has 0 fully saturated rings. The summed E-state index contributed by atoms with van der Waals surface area (Å²) in [6.07, 6.45) is -0.194. The van der Waals surface area contributed by atoms with E-state index in [4.69, 9.17) is 14.0 Å². The summed E-state index contributed by atoms with van der Waals surface area (Å²) in [6, 6.07) is 5.65. The van der Waals surface area contributed by atoms with E-state index < -0.39 is 6.10 Å². The molecule has 1 amide bonds. The monoisotopic (exact) mass is 336 g/mol. The molecule has 0 saturated carbocycles. The molecular weight excluding hydrogens is 314 g/mol. The molecule has 0 saturated heterocycles. The number of nitrogens with one attached hydrogen (secondary N) is 1. The van der Waals surface area contributed by atoms with Gasteiger partial charge in [-0.2, -0.15) is 0 Å². The van der Waals surface area contributed by atoms with Crippen LogP contribution in [0.25, 0.3) is 0 Å². The van der Waals surface area contributed by atoms with Crippen LogP contribution in [-0.4, -0.2) is 30.5 Å². The second kappa shape index (κ2) is 7.78. The van der Waals surface area contributed by atoms with E-state index in [0.717, 1.165) is 5.56 Å². The number of aromatic nitrogens is 2. The van der Waals surface area contributed by atoms with Gasteiger partial charge in [0.25, 0.3) is 0 Å². The predicted molar refractivity (Wildman–Crippen MR) is 84.9 cm³/mol. The number of anilines is 1. The van der Waals surface area contributed by atoms with Crippen molar-refractivity contribution in [3.63, 3.8) is 0 Å². The Kier molecular flexibility index (Phi) is 5.75. The lowest BCUT2D eigenvalue weighted by molar-refractivity contribution is -0.770. The highest BCUT2D eigenvalue weighted by atomic mass is 16.5. The summed E-state index contributed by atoms with van der Waals surface area (Å²) in [5.74, 6) is 1.17. The van der Waals surface area contributed by atoms with Crippen molar-refractivity contribution in [2.75, 3.05) is 19.5 Å². The van der Waals surface area contributed by atoms with E-state index in [-0.39, 0.29) is 11.8 Å². The number of aryl methyl sites for hydroxylation is 2. The van der Waals surface area contributed by atoms with Crippen molar-refractivity contribution in [1.82, 2.24) is 5.27 Å². The number of benzene rings is 1. The van der Waals surface area contributed by atoms with Gasteiger partial charge in [0.15, 0.2) is 18.0 Å². The quantitative estimate of drug-likeness (QED) is 0.738. The van der Waals surface area contributed by atoms with Crippen LogP contribution >= 0.6 is 0 Å². The molecule has 0 bridgehead atoms. The van der Waals surface area contributed by atoms with E-state index in [1.807, 2.05) is 18.2 Å². The van der Waals surface area contributed by atoms with Gasteiger partial charge in [-0.3, -0.25) is 14.6 Å². The van der Waals surface area contributed by atoms with Crippen molar-refractivity contribution in [2.45, 2.75) is 32.9 Å². The normalized spacial score (nSPS) is 11.9. The molecule has 2 N–H and O–H groups in total. The van der Waals surface area contributed by atoms with Gasteiger partial charge in [0, 0.05) is 13.3 Å². The number of carbonyl (C=O) groups is 1. The summed E-state index contributed by atoms with van der Waals surface area (Å²) in [6.45, 7) is 3.42. The molecule has 1 aromatic carbocycles. The number of nitrogens with zero attached hydrogens (tertiary/aromatic N) is 2. The van der Waals surface area contributed by atoms with Crippen molar-refractivity contribution in [3.05, 3.63) is 29.5 Å². The summed E-state index contributed by atoms with van der Waals surface area (Å²) >= 11 is 0. The highest BCUT2D eigenvalue weighted by Crippen LogP contribution is 2.27. The molecule has 1 heterocycles. The molecule has 2 rings (SSSR count). The van der Waals surface area contributed by atoms with Gasteiger partial charge in [0.1, 0.15) is 6.10 Å². The highest BCUT2D eigenvalue weighted by Gasteiger charge is 2.29. The maximum Gasteiger partial charge on any atom is 0.308 e. The summed E-state index contributed by atoms with van der Waals surface area (Å²) in [7, 11) is 3.17. The number of aliphatic hydroxyl groups is 1. The zero-order chi connectivity index (χ0) is 17.7. The first-order valence-electron chi connectivity index (χ1n) is 7.52. The number of hydrogen-bond acceptors (Lipinski definition) is 6. The second-order valence-electron chi connectivity index (χ2n) is 5.31. The van der Waals surface area contributed by atoms with E-state index in [0.29, 0.717) is 30.2 Å². The molecule has 24 heavy (non-hydrogen) atoms. The van der Waals surface area contributed by atoms with Crippen LogP contribution in [0.4, 0.5) is 5.88 Å². The van der Waals surface area contributed by atoms with Gasteiger partial charge in [0.2, 0.25) is 11.2 Å². The number of amides is 1. The first kappa shape index (κ1) is 17.7. The molecule has 1 atom stereocenters. The minimum absolute atomic E-state index is 0.157. The number of ether oxygens (including phenoxy) is 2. The Morgan fingerprint density at radius 1 is 1.38 bits per heavy atom. The van der Waals surface area contributed by atoms with E-state index >= 15 is 0 Å². The number of methoxy groups -OCH3 is 2. The first-order chi connectivity index (χ1) is 11.5. The molecular formula is C16H22N3O5+. The zero-order valence-electron chi connectivity index (χ0n) is 14.2. The molecule has 0 aliphatic rings. The molecule has 0 radical (unpaired) electrons. The van der Waals surface area contributed by atoms with Crippen molar-refractivity contribution in [3.8, 4) is 11.5 Å². The minimum atomic E-state index is -0.830. The molecule has 8 heteroatoms. The van der Waals surface area contributed by atoms with Gasteiger partial charge in [-0.25, -0.2) is 0 Å². The van der Waals surface area contributed by atoms with E-state index in [9.17, 15) is 9.90 Å². The Morgan fingerprint density at radius 3 is 2.67 bits per heavy atom. The van der Waals surface area contributed by atoms with Crippen LogP contribution in [0.3, 0.4) is 0 Å². The van der Waals surface area contributed by atoms with E-state index in [1.54, 1.807) is 21.1 Å². The molecule has 0 aliphatic carbocycles. The average Bonchev–Trinajstić information content (AvgIpc) is 2.94. The van der Waals surface area contributed by atoms with Gasteiger partial charge < -0.3 is 14.6 Å². The topological polar surface area (TPSA) is 97.7 Å².